The second-order valence-electron chi connectivity index (χ2n) is 4.22. The molecule has 1 amide bonds. The molecule has 6 nitrogen and oxygen atoms in total. The topological polar surface area (TPSA) is 80.6 Å². The third kappa shape index (κ3) is 3.38. The van der Waals surface area contributed by atoms with E-state index in [4.69, 9.17) is 9.84 Å². The Morgan fingerprint density at radius 1 is 1.38 bits per heavy atom. The fourth-order valence-corrected chi connectivity index (χ4v) is 1.84. The lowest BCUT2D eigenvalue weighted by Crippen LogP contribution is -2.19. The van der Waals surface area contributed by atoms with Crippen LogP contribution in [0.25, 0.3) is 0 Å². The maximum atomic E-state index is 13.5. The third-order valence-electron chi connectivity index (χ3n) is 2.78. The van der Waals surface area contributed by atoms with E-state index >= 15 is 0 Å². The molecule has 0 saturated carbocycles. The van der Waals surface area contributed by atoms with Crippen molar-refractivity contribution in [3.05, 3.63) is 48.0 Å². The van der Waals surface area contributed by atoms with Crippen LogP contribution in [0.4, 0.5) is 10.1 Å². The highest BCUT2D eigenvalue weighted by Crippen LogP contribution is 2.21. The van der Waals surface area contributed by atoms with Crippen molar-refractivity contribution in [2.75, 3.05) is 12.4 Å². The van der Waals surface area contributed by atoms with Gasteiger partial charge in [-0.05, 0) is 24.3 Å². The van der Waals surface area contributed by atoms with Crippen LogP contribution in [0.3, 0.4) is 0 Å². The minimum Gasteiger partial charge on any atom is -0.494 e. The molecule has 0 bridgehead atoms. The molecule has 0 spiro atoms. The Hall–Kier alpha value is -2.83. The summed E-state index contributed by atoms with van der Waals surface area (Å²) in [4.78, 5) is 22.8. The summed E-state index contributed by atoms with van der Waals surface area (Å²) in [6.45, 7) is -0.327. The molecule has 1 heterocycles. The number of halogens is 1. The monoisotopic (exact) mass is 292 g/mol. The first-order valence-corrected chi connectivity index (χ1v) is 6.03. The molecule has 0 atom stereocenters. The number of hydrogen-bond donors (Lipinski definition) is 2. The third-order valence-corrected chi connectivity index (χ3v) is 2.78. The van der Waals surface area contributed by atoms with Gasteiger partial charge in [-0.25, -0.2) is 4.39 Å². The van der Waals surface area contributed by atoms with E-state index in [0.717, 1.165) is 6.07 Å². The van der Waals surface area contributed by atoms with Crippen LogP contribution in [0.15, 0.2) is 36.5 Å². The second-order valence-corrected chi connectivity index (χ2v) is 4.22. The first-order valence-electron chi connectivity index (χ1n) is 6.03. The number of nitrogens with one attached hydrogen (secondary N) is 1. The average Bonchev–Trinajstić information content (AvgIpc) is 2.86. The summed E-state index contributed by atoms with van der Waals surface area (Å²) in [7, 11) is 1.34. The number of amides is 1. The summed E-state index contributed by atoms with van der Waals surface area (Å²) in [5.74, 6) is -2.11. The predicted octanol–water partition coefficient (Wildman–Crippen LogP) is 1.97. The number of anilines is 1. The Labute approximate surface area is 119 Å². The van der Waals surface area contributed by atoms with Gasteiger partial charge in [0.25, 0.3) is 5.91 Å². The number of aliphatic carboxylic acids is 1. The molecular weight excluding hydrogens is 279 g/mol. The number of methoxy groups -OCH3 is 1. The summed E-state index contributed by atoms with van der Waals surface area (Å²) >= 11 is 0. The first-order chi connectivity index (χ1) is 10.0. The summed E-state index contributed by atoms with van der Waals surface area (Å²) in [6, 6.07) is 7.05. The summed E-state index contributed by atoms with van der Waals surface area (Å²) in [5.41, 5.74) is 0.426. The van der Waals surface area contributed by atoms with Crippen molar-refractivity contribution in [2.24, 2.45) is 0 Å². The first kappa shape index (κ1) is 14.6. The van der Waals surface area contributed by atoms with E-state index < -0.39 is 17.7 Å². The normalized spacial score (nSPS) is 10.2. The second kappa shape index (κ2) is 6.08. The Kier molecular flexibility index (Phi) is 4.22. The zero-order valence-corrected chi connectivity index (χ0v) is 11.2. The van der Waals surface area contributed by atoms with Gasteiger partial charge < -0.3 is 19.7 Å². The Bertz CT molecular complexity index is 681. The highest BCUT2D eigenvalue weighted by molar-refractivity contribution is 6.03. The number of carbonyl (C=O) groups is 2. The molecule has 110 valence electrons. The lowest BCUT2D eigenvalue weighted by atomic mass is 10.2. The van der Waals surface area contributed by atoms with Gasteiger partial charge in [-0.1, -0.05) is 0 Å². The molecule has 1 aromatic heterocycles. The van der Waals surface area contributed by atoms with Gasteiger partial charge >= 0.3 is 5.97 Å². The van der Waals surface area contributed by atoms with E-state index in [1.807, 2.05) is 0 Å². The predicted molar refractivity (Wildman–Crippen MR) is 73.0 cm³/mol. The SMILES string of the molecule is COc1ccc(NC(=O)c2cccn2CC(=O)O)cc1F. The van der Waals surface area contributed by atoms with Crippen molar-refractivity contribution in [1.82, 2.24) is 4.57 Å². The van der Waals surface area contributed by atoms with Gasteiger partial charge in [-0.2, -0.15) is 0 Å². The molecule has 0 aliphatic rings. The van der Waals surface area contributed by atoms with E-state index in [9.17, 15) is 14.0 Å². The standard InChI is InChI=1S/C14H13FN2O4/c1-21-12-5-4-9(7-10(12)15)16-14(20)11-3-2-6-17(11)8-13(18)19/h2-7H,8H2,1H3,(H,16,20)(H,18,19). The Balaban J connectivity index is 2.16. The number of benzene rings is 1. The number of hydrogen-bond acceptors (Lipinski definition) is 3. The maximum Gasteiger partial charge on any atom is 0.323 e. The largest absolute Gasteiger partial charge is 0.494 e. The quantitative estimate of drug-likeness (QED) is 0.883. The summed E-state index contributed by atoms with van der Waals surface area (Å²) in [6.07, 6.45) is 1.48. The fraction of sp³-hybridized carbons (Fsp3) is 0.143. The minimum absolute atomic E-state index is 0.0715. The van der Waals surface area contributed by atoms with Gasteiger partial charge in [-0.15, -0.1) is 0 Å². The molecule has 2 N–H and O–H groups in total. The molecule has 0 unspecified atom stereocenters. The number of carboxylic acids is 1. The van der Waals surface area contributed by atoms with Gasteiger partial charge in [-0.3, -0.25) is 9.59 Å². The summed E-state index contributed by atoms with van der Waals surface area (Å²) in [5, 5.41) is 11.3. The zero-order valence-electron chi connectivity index (χ0n) is 11.2. The van der Waals surface area contributed by atoms with Crippen LogP contribution in [0.5, 0.6) is 5.75 Å². The molecule has 1 aromatic carbocycles. The number of aromatic nitrogens is 1. The number of nitrogens with zero attached hydrogens (tertiary/aromatic N) is 1. The number of carboxylic acid groups (broad SMARTS) is 1. The van der Waals surface area contributed by atoms with Crippen molar-refractivity contribution in [1.29, 1.82) is 0 Å². The van der Waals surface area contributed by atoms with Crippen molar-refractivity contribution in [2.45, 2.75) is 6.54 Å². The molecule has 0 fully saturated rings. The molecular formula is C14H13FN2O4. The molecule has 2 rings (SSSR count). The van der Waals surface area contributed by atoms with Crippen LogP contribution in [0.1, 0.15) is 10.5 Å². The summed E-state index contributed by atoms with van der Waals surface area (Å²) < 4.78 is 19.6. The molecule has 0 aliphatic carbocycles. The Morgan fingerprint density at radius 2 is 2.14 bits per heavy atom. The smallest absolute Gasteiger partial charge is 0.323 e. The van der Waals surface area contributed by atoms with Crippen molar-refractivity contribution in [3.8, 4) is 5.75 Å². The minimum atomic E-state index is -1.06. The highest BCUT2D eigenvalue weighted by atomic mass is 19.1. The lowest BCUT2D eigenvalue weighted by Gasteiger charge is -2.09. The van der Waals surface area contributed by atoms with E-state index in [-0.39, 0.29) is 23.7 Å². The van der Waals surface area contributed by atoms with Crippen LogP contribution in [-0.4, -0.2) is 28.7 Å². The highest BCUT2D eigenvalue weighted by Gasteiger charge is 2.13. The van der Waals surface area contributed by atoms with E-state index in [2.05, 4.69) is 5.32 Å². The number of carbonyl (C=O) groups excluding carboxylic acids is 1. The van der Waals surface area contributed by atoms with E-state index in [0.29, 0.717) is 0 Å². The van der Waals surface area contributed by atoms with Crippen LogP contribution in [0, 0.1) is 5.82 Å². The molecule has 0 saturated heterocycles. The fourth-order valence-electron chi connectivity index (χ4n) is 1.84. The Morgan fingerprint density at radius 3 is 2.76 bits per heavy atom. The molecule has 0 radical (unpaired) electrons. The molecule has 2 aromatic rings. The van der Waals surface area contributed by atoms with Gasteiger partial charge in [0.05, 0.1) is 7.11 Å². The average molecular weight is 292 g/mol. The lowest BCUT2D eigenvalue weighted by molar-refractivity contribution is -0.137. The van der Waals surface area contributed by atoms with Crippen molar-refractivity contribution in [3.63, 3.8) is 0 Å². The van der Waals surface area contributed by atoms with Crippen molar-refractivity contribution < 1.29 is 23.8 Å². The van der Waals surface area contributed by atoms with Gasteiger partial charge in [0, 0.05) is 18.0 Å². The molecule has 21 heavy (non-hydrogen) atoms. The van der Waals surface area contributed by atoms with E-state index in [1.54, 1.807) is 6.07 Å². The van der Waals surface area contributed by atoms with Crippen LogP contribution >= 0.6 is 0 Å². The van der Waals surface area contributed by atoms with Crippen LogP contribution in [-0.2, 0) is 11.3 Å². The number of rotatable bonds is 5. The van der Waals surface area contributed by atoms with Gasteiger partial charge in [0.15, 0.2) is 11.6 Å². The van der Waals surface area contributed by atoms with Crippen LogP contribution in [0.2, 0.25) is 0 Å². The van der Waals surface area contributed by atoms with Crippen LogP contribution < -0.4 is 10.1 Å². The molecule has 0 aliphatic heterocycles. The van der Waals surface area contributed by atoms with Gasteiger partial charge in [0.1, 0.15) is 12.2 Å². The molecule has 7 heteroatoms. The number of ether oxygens (including phenoxy) is 1. The van der Waals surface area contributed by atoms with Gasteiger partial charge in [0.2, 0.25) is 0 Å². The maximum absolute atomic E-state index is 13.5. The zero-order chi connectivity index (χ0) is 15.4. The van der Waals surface area contributed by atoms with E-state index in [1.165, 1.54) is 36.1 Å². The van der Waals surface area contributed by atoms with Crippen molar-refractivity contribution >= 4 is 17.6 Å².